The summed E-state index contributed by atoms with van der Waals surface area (Å²) in [6.45, 7) is 8.29. The second-order valence-corrected chi connectivity index (χ2v) is 8.77. The topological polar surface area (TPSA) is 91.5 Å². The van der Waals surface area contributed by atoms with E-state index in [1.165, 1.54) is 0 Å². The minimum Gasteiger partial charge on any atom is -0.417 e. The van der Waals surface area contributed by atoms with Gasteiger partial charge in [0.05, 0.1) is 16.8 Å². The van der Waals surface area contributed by atoms with Gasteiger partial charge in [-0.15, -0.1) is 0 Å². The third-order valence-corrected chi connectivity index (χ3v) is 5.78. The molecule has 0 bridgehead atoms. The van der Waals surface area contributed by atoms with E-state index < -0.39 is 18.2 Å². The molecule has 1 aromatic heterocycles. The Labute approximate surface area is 193 Å². The largest absolute Gasteiger partial charge is 0.417 e. The Kier molecular flexibility index (Phi) is 6.29. The SMILES string of the molecule is Cc1ccc(-c2c(CN)c(CC(C)C)nc(C)c2C(=O)OC2OC(=O)c3ccccc32)cc1. The van der Waals surface area contributed by atoms with Crippen molar-refractivity contribution < 1.29 is 19.1 Å². The molecule has 0 aliphatic carbocycles. The van der Waals surface area contributed by atoms with E-state index in [0.29, 0.717) is 28.3 Å². The number of hydrogen-bond donors (Lipinski definition) is 1. The molecule has 0 saturated heterocycles. The van der Waals surface area contributed by atoms with Crippen molar-refractivity contribution in [2.75, 3.05) is 0 Å². The Morgan fingerprint density at radius 1 is 1.12 bits per heavy atom. The molecule has 2 N–H and O–H groups in total. The van der Waals surface area contributed by atoms with Crippen molar-refractivity contribution in [3.8, 4) is 11.1 Å². The molecule has 170 valence electrons. The highest BCUT2D eigenvalue weighted by atomic mass is 16.7. The lowest BCUT2D eigenvalue weighted by molar-refractivity contribution is -0.0724. The zero-order valence-corrected chi connectivity index (χ0v) is 19.3. The highest BCUT2D eigenvalue weighted by molar-refractivity contribution is 6.00. The first kappa shape index (κ1) is 22.7. The standard InChI is InChI=1S/C27H28N2O4/c1-15(2)13-22-21(14-28)24(18-11-9-16(3)10-12-18)23(17(4)29-22)26(31)33-27-20-8-6-5-7-19(20)25(30)32-27/h5-12,15,27H,13-14,28H2,1-4H3. The summed E-state index contributed by atoms with van der Waals surface area (Å²) in [7, 11) is 0. The van der Waals surface area contributed by atoms with Crippen molar-refractivity contribution in [3.05, 3.63) is 87.7 Å². The molecule has 4 rings (SSSR count). The van der Waals surface area contributed by atoms with Gasteiger partial charge in [0, 0.05) is 23.4 Å². The van der Waals surface area contributed by atoms with Crippen LogP contribution in [0.4, 0.5) is 0 Å². The van der Waals surface area contributed by atoms with Gasteiger partial charge >= 0.3 is 11.9 Å². The van der Waals surface area contributed by atoms with Crippen molar-refractivity contribution in [1.29, 1.82) is 0 Å². The maximum atomic E-state index is 13.5. The van der Waals surface area contributed by atoms with Crippen LogP contribution >= 0.6 is 0 Å². The van der Waals surface area contributed by atoms with E-state index in [1.807, 2.05) is 31.2 Å². The second-order valence-electron chi connectivity index (χ2n) is 8.77. The predicted octanol–water partition coefficient (Wildman–Crippen LogP) is 5.05. The van der Waals surface area contributed by atoms with E-state index in [9.17, 15) is 9.59 Å². The molecule has 0 radical (unpaired) electrons. The number of ether oxygens (including phenoxy) is 2. The fourth-order valence-electron chi connectivity index (χ4n) is 4.22. The van der Waals surface area contributed by atoms with Gasteiger partial charge in [-0.1, -0.05) is 61.9 Å². The number of fused-ring (bicyclic) bond motifs is 1. The third kappa shape index (κ3) is 4.39. The number of nitrogens with two attached hydrogens (primary N) is 1. The Morgan fingerprint density at radius 3 is 2.48 bits per heavy atom. The summed E-state index contributed by atoms with van der Waals surface area (Å²) in [6.07, 6.45) is -0.349. The second kappa shape index (κ2) is 9.16. The number of benzene rings is 2. The maximum Gasteiger partial charge on any atom is 0.343 e. The van der Waals surface area contributed by atoms with Crippen LogP contribution in [-0.2, 0) is 22.4 Å². The summed E-state index contributed by atoms with van der Waals surface area (Å²) in [4.78, 5) is 30.4. The number of cyclic esters (lactones) is 1. The van der Waals surface area contributed by atoms with Gasteiger partial charge in [-0.3, -0.25) is 4.98 Å². The smallest absolute Gasteiger partial charge is 0.343 e. The average molecular weight is 445 g/mol. The average Bonchev–Trinajstić information content (AvgIpc) is 3.09. The lowest BCUT2D eigenvalue weighted by Crippen LogP contribution is -2.19. The van der Waals surface area contributed by atoms with Gasteiger partial charge in [-0.2, -0.15) is 0 Å². The summed E-state index contributed by atoms with van der Waals surface area (Å²) in [5.74, 6) is -0.733. The first-order chi connectivity index (χ1) is 15.8. The Bertz CT molecular complexity index is 1220. The van der Waals surface area contributed by atoms with E-state index in [2.05, 4.69) is 13.8 Å². The van der Waals surface area contributed by atoms with Crippen molar-refractivity contribution in [2.45, 2.75) is 47.0 Å². The highest BCUT2D eigenvalue weighted by Crippen LogP contribution is 2.36. The fourth-order valence-corrected chi connectivity index (χ4v) is 4.22. The first-order valence-corrected chi connectivity index (χ1v) is 11.1. The molecule has 6 nitrogen and oxygen atoms in total. The van der Waals surface area contributed by atoms with E-state index in [4.69, 9.17) is 20.2 Å². The van der Waals surface area contributed by atoms with E-state index in [0.717, 1.165) is 34.4 Å². The molecular weight excluding hydrogens is 416 g/mol. The van der Waals surface area contributed by atoms with Gasteiger partial charge in [0.2, 0.25) is 0 Å². The number of carbonyl (C=O) groups excluding carboxylic acids is 2. The molecule has 6 heteroatoms. The Morgan fingerprint density at radius 2 is 1.82 bits per heavy atom. The molecule has 33 heavy (non-hydrogen) atoms. The van der Waals surface area contributed by atoms with Crippen molar-refractivity contribution >= 4 is 11.9 Å². The number of aryl methyl sites for hydroxylation is 2. The quantitative estimate of drug-likeness (QED) is 0.535. The molecule has 1 unspecified atom stereocenters. The molecule has 2 heterocycles. The zero-order chi connectivity index (χ0) is 23.7. The lowest BCUT2D eigenvalue weighted by atomic mass is 9.89. The number of esters is 2. The molecule has 0 amide bonds. The molecule has 1 aliphatic rings. The minimum absolute atomic E-state index is 0.236. The van der Waals surface area contributed by atoms with Crippen LogP contribution in [0.1, 0.15) is 68.9 Å². The number of rotatable bonds is 6. The fraction of sp³-hybridized carbons (Fsp3) is 0.296. The highest BCUT2D eigenvalue weighted by Gasteiger charge is 2.35. The van der Waals surface area contributed by atoms with Crippen LogP contribution in [0.25, 0.3) is 11.1 Å². The van der Waals surface area contributed by atoms with Gasteiger partial charge in [0.1, 0.15) is 0 Å². The third-order valence-electron chi connectivity index (χ3n) is 5.78. The molecule has 3 aromatic rings. The summed E-state index contributed by atoms with van der Waals surface area (Å²) in [5.41, 5.74) is 12.4. The molecule has 0 saturated carbocycles. The number of nitrogens with zero attached hydrogens (tertiary/aromatic N) is 1. The van der Waals surface area contributed by atoms with E-state index in [-0.39, 0.29) is 6.54 Å². The van der Waals surface area contributed by atoms with Gasteiger partial charge < -0.3 is 15.2 Å². The molecular formula is C27H28N2O4. The van der Waals surface area contributed by atoms with Crippen molar-refractivity contribution in [1.82, 2.24) is 4.98 Å². The zero-order valence-electron chi connectivity index (χ0n) is 19.3. The minimum atomic E-state index is -1.09. The van der Waals surface area contributed by atoms with Crippen LogP contribution in [0.5, 0.6) is 0 Å². The number of carbonyl (C=O) groups is 2. The summed E-state index contributed by atoms with van der Waals surface area (Å²) >= 11 is 0. The van der Waals surface area contributed by atoms with Crippen molar-refractivity contribution in [3.63, 3.8) is 0 Å². The summed E-state index contributed by atoms with van der Waals surface area (Å²) in [6, 6.07) is 14.8. The van der Waals surface area contributed by atoms with Crippen LogP contribution in [0, 0.1) is 19.8 Å². The lowest BCUT2D eigenvalue weighted by Gasteiger charge is -2.21. The summed E-state index contributed by atoms with van der Waals surface area (Å²) < 4.78 is 11.0. The first-order valence-electron chi connectivity index (χ1n) is 11.1. The van der Waals surface area contributed by atoms with Crippen LogP contribution in [0.3, 0.4) is 0 Å². The van der Waals surface area contributed by atoms with Crippen LogP contribution in [0.2, 0.25) is 0 Å². The van der Waals surface area contributed by atoms with Crippen molar-refractivity contribution in [2.24, 2.45) is 11.7 Å². The summed E-state index contributed by atoms with van der Waals surface area (Å²) in [5, 5.41) is 0. The van der Waals surface area contributed by atoms with Gasteiger partial charge in [0.15, 0.2) is 0 Å². The van der Waals surface area contributed by atoms with Crippen LogP contribution < -0.4 is 5.73 Å². The number of aromatic nitrogens is 1. The Hall–Kier alpha value is -3.51. The number of hydrogen-bond acceptors (Lipinski definition) is 6. The van der Waals surface area contributed by atoms with E-state index >= 15 is 0 Å². The molecule has 0 spiro atoms. The van der Waals surface area contributed by atoms with Gasteiger partial charge in [0.25, 0.3) is 6.29 Å². The molecule has 1 aliphatic heterocycles. The number of pyridine rings is 1. The van der Waals surface area contributed by atoms with Crippen LogP contribution in [0.15, 0.2) is 48.5 Å². The monoisotopic (exact) mass is 444 g/mol. The predicted molar refractivity (Wildman–Crippen MR) is 126 cm³/mol. The van der Waals surface area contributed by atoms with Gasteiger partial charge in [-0.25, -0.2) is 9.59 Å². The van der Waals surface area contributed by atoms with E-state index in [1.54, 1.807) is 31.2 Å². The maximum absolute atomic E-state index is 13.5. The van der Waals surface area contributed by atoms with Crippen LogP contribution in [-0.4, -0.2) is 16.9 Å². The normalized spacial score (nSPS) is 14.8. The van der Waals surface area contributed by atoms with Gasteiger partial charge in [-0.05, 0) is 43.4 Å². The Balaban J connectivity index is 1.82. The molecule has 1 atom stereocenters. The molecule has 0 fully saturated rings. The molecule has 2 aromatic carbocycles.